The standard InChI is InChI=1S/C14H30N4/c1-3-15-11-7-13-17-9-5-6-10-18-14-8-12-16-4-2/h15-18H,3-4,7-14H2,1-2H3. The van der Waals surface area contributed by atoms with E-state index in [2.05, 4.69) is 47.0 Å². The Labute approximate surface area is 113 Å². The zero-order chi connectivity index (χ0) is 13.3. The lowest BCUT2D eigenvalue weighted by atomic mass is 10.4. The Hall–Kier alpha value is -0.600. The largest absolute Gasteiger partial charge is 0.317 e. The second-order valence-electron chi connectivity index (χ2n) is 4.12. The summed E-state index contributed by atoms with van der Waals surface area (Å²) in [4.78, 5) is 0. The van der Waals surface area contributed by atoms with Crippen LogP contribution >= 0.6 is 0 Å². The molecule has 0 saturated heterocycles. The van der Waals surface area contributed by atoms with Crippen LogP contribution in [0, 0.1) is 11.8 Å². The fourth-order valence-corrected chi connectivity index (χ4v) is 1.46. The number of rotatable bonds is 12. The molecule has 18 heavy (non-hydrogen) atoms. The van der Waals surface area contributed by atoms with Crippen LogP contribution in [0.2, 0.25) is 0 Å². The molecule has 0 atom stereocenters. The van der Waals surface area contributed by atoms with Crippen LogP contribution in [0.5, 0.6) is 0 Å². The maximum absolute atomic E-state index is 3.31. The molecular formula is C14H30N4. The predicted octanol–water partition coefficient (Wildman–Crippen LogP) is 0.168. The first kappa shape index (κ1) is 17.4. The molecule has 4 nitrogen and oxygen atoms in total. The third-order valence-corrected chi connectivity index (χ3v) is 2.47. The topological polar surface area (TPSA) is 48.1 Å². The average molecular weight is 254 g/mol. The van der Waals surface area contributed by atoms with Crippen LogP contribution in [-0.4, -0.2) is 52.4 Å². The molecule has 0 aromatic carbocycles. The summed E-state index contributed by atoms with van der Waals surface area (Å²) in [7, 11) is 0. The van der Waals surface area contributed by atoms with Crippen molar-refractivity contribution in [3.05, 3.63) is 0 Å². The Kier molecular flexibility index (Phi) is 15.9. The van der Waals surface area contributed by atoms with E-state index in [1.165, 1.54) is 0 Å². The quantitative estimate of drug-likeness (QED) is 0.296. The van der Waals surface area contributed by atoms with E-state index in [1.807, 2.05) is 0 Å². The lowest BCUT2D eigenvalue weighted by Crippen LogP contribution is -2.23. The van der Waals surface area contributed by atoms with Gasteiger partial charge in [-0.05, 0) is 52.1 Å². The number of hydrogen-bond acceptors (Lipinski definition) is 4. The molecule has 0 unspecified atom stereocenters. The van der Waals surface area contributed by atoms with Crippen LogP contribution in [0.25, 0.3) is 0 Å². The fourth-order valence-electron chi connectivity index (χ4n) is 1.46. The Morgan fingerprint density at radius 3 is 1.39 bits per heavy atom. The molecule has 0 radical (unpaired) electrons. The highest BCUT2D eigenvalue weighted by molar-refractivity contribution is 5.02. The first-order valence-electron chi connectivity index (χ1n) is 7.20. The second-order valence-corrected chi connectivity index (χ2v) is 4.12. The van der Waals surface area contributed by atoms with Gasteiger partial charge in [-0.25, -0.2) is 0 Å². The minimum atomic E-state index is 0.797. The monoisotopic (exact) mass is 254 g/mol. The Morgan fingerprint density at radius 1 is 0.611 bits per heavy atom. The second kappa shape index (κ2) is 16.4. The zero-order valence-corrected chi connectivity index (χ0v) is 12.1. The summed E-state index contributed by atoms with van der Waals surface area (Å²) < 4.78 is 0. The van der Waals surface area contributed by atoms with Crippen molar-refractivity contribution in [2.75, 3.05) is 52.4 Å². The molecule has 0 amide bonds. The molecule has 0 aromatic heterocycles. The third kappa shape index (κ3) is 15.4. The summed E-state index contributed by atoms with van der Waals surface area (Å²) in [5, 5.41) is 13.2. The molecule has 0 aromatic rings. The van der Waals surface area contributed by atoms with Crippen LogP contribution in [0.4, 0.5) is 0 Å². The molecule has 4 N–H and O–H groups in total. The minimum absolute atomic E-state index is 0.797. The summed E-state index contributed by atoms with van der Waals surface area (Å²) in [5.74, 6) is 6.24. The zero-order valence-electron chi connectivity index (χ0n) is 12.1. The van der Waals surface area contributed by atoms with Gasteiger partial charge in [-0.3, -0.25) is 0 Å². The predicted molar refractivity (Wildman–Crippen MR) is 79.8 cm³/mol. The summed E-state index contributed by atoms with van der Waals surface area (Å²) in [5.41, 5.74) is 0. The molecule has 0 aliphatic rings. The molecule has 0 spiro atoms. The van der Waals surface area contributed by atoms with E-state index in [9.17, 15) is 0 Å². The van der Waals surface area contributed by atoms with Crippen LogP contribution in [0.1, 0.15) is 26.7 Å². The first-order valence-corrected chi connectivity index (χ1v) is 7.20. The van der Waals surface area contributed by atoms with Gasteiger partial charge < -0.3 is 21.3 Å². The van der Waals surface area contributed by atoms with Gasteiger partial charge in [0.15, 0.2) is 0 Å². The lowest BCUT2D eigenvalue weighted by molar-refractivity contribution is 0.628. The van der Waals surface area contributed by atoms with Gasteiger partial charge in [0.1, 0.15) is 0 Å². The van der Waals surface area contributed by atoms with Gasteiger partial charge in [0.2, 0.25) is 0 Å². The molecule has 4 heteroatoms. The van der Waals surface area contributed by atoms with Crippen LogP contribution in [-0.2, 0) is 0 Å². The molecular weight excluding hydrogens is 224 g/mol. The van der Waals surface area contributed by atoms with E-state index in [0.717, 1.165) is 65.2 Å². The van der Waals surface area contributed by atoms with E-state index in [1.54, 1.807) is 0 Å². The van der Waals surface area contributed by atoms with Crippen molar-refractivity contribution in [3.63, 3.8) is 0 Å². The van der Waals surface area contributed by atoms with Crippen LogP contribution in [0.3, 0.4) is 0 Å². The maximum Gasteiger partial charge on any atom is 0.0577 e. The van der Waals surface area contributed by atoms with E-state index < -0.39 is 0 Å². The molecule has 0 aliphatic heterocycles. The van der Waals surface area contributed by atoms with Gasteiger partial charge in [-0.1, -0.05) is 25.7 Å². The van der Waals surface area contributed by atoms with Gasteiger partial charge >= 0.3 is 0 Å². The summed E-state index contributed by atoms with van der Waals surface area (Å²) in [6.45, 7) is 12.2. The number of hydrogen-bond donors (Lipinski definition) is 4. The normalized spacial score (nSPS) is 10.1. The van der Waals surface area contributed by atoms with Gasteiger partial charge in [0.25, 0.3) is 0 Å². The number of nitrogens with one attached hydrogen (secondary N) is 4. The van der Waals surface area contributed by atoms with E-state index in [0.29, 0.717) is 0 Å². The van der Waals surface area contributed by atoms with Gasteiger partial charge in [0.05, 0.1) is 13.1 Å². The summed E-state index contributed by atoms with van der Waals surface area (Å²) in [6.07, 6.45) is 2.33. The Balaban J connectivity index is 3.05. The third-order valence-electron chi connectivity index (χ3n) is 2.47. The molecule has 0 bridgehead atoms. The van der Waals surface area contributed by atoms with Gasteiger partial charge in [0, 0.05) is 0 Å². The van der Waals surface area contributed by atoms with Crippen molar-refractivity contribution in [2.24, 2.45) is 0 Å². The summed E-state index contributed by atoms with van der Waals surface area (Å²) in [6, 6.07) is 0. The van der Waals surface area contributed by atoms with Crippen molar-refractivity contribution in [1.82, 2.24) is 21.3 Å². The fraction of sp³-hybridized carbons (Fsp3) is 0.857. The molecule has 0 heterocycles. The average Bonchev–Trinajstić information content (AvgIpc) is 2.39. The van der Waals surface area contributed by atoms with E-state index >= 15 is 0 Å². The van der Waals surface area contributed by atoms with Gasteiger partial charge in [-0.2, -0.15) is 0 Å². The molecule has 0 rings (SSSR count). The highest BCUT2D eigenvalue weighted by Crippen LogP contribution is 1.73. The Morgan fingerprint density at radius 2 is 1.00 bits per heavy atom. The van der Waals surface area contributed by atoms with Crippen molar-refractivity contribution in [1.29, 1.82) is 0 Å². The van der Waals surface area contributed by atoms with Crippen LogP contribution < -0.4 is 21.3 Å². The minimum Gasteiger partial charge on any atom is -0.317 e. The van der Waals surface area contributed by atoms with Crippen LogP contribution in [0.15, 0.2) is 0 Å². The molecule has 0 aliphatic carbocycles. The SMILES string of the molecule is CCNCCCNCC#CCNCCCNCC. The van der Waals surface area contributed by atoms with Crippen molar-refractivity contribution < 1.29 is 0 Å². The van der Waals surface area contributed by atoms with E-state index in [-0.39, 0.29) is 0 Å². The highest BCUT2D eigenvalue weighted by atomic mass is 14.9. The smallest absolute Gasteiger partial charge is 0.0577 e. The van der Waals surface area contributed by atoms with Crippen molar-refractivity contribution in [2.45, 2.75) is 26.7 Å². The van der Waals surface area contributed by atoms with Crippen molar-refractivity contribution >= 4 is 0 Å². The summed E-state index contributed by atoms with van der Waals surface area (Å²) >= 11 is 0. The maximum atomic E-state index is 3.31. The van der Waals surface area contributed by atoms with Gasteiger partial charge in [-0.15, -0.1) is 0 Å². The molecule has 0 saturated carbocycles. The van der Waals surface area contributed by atoms with E-state index in [4.69, 9.17) is 0 Å². The highest BCUT2D eigenvalue weighted by Gasteiger charge is 1.86. The molecule has 0 fully saturated rings. The first-order chi connectivity index (χ1) is 8.91. The Bertz CT molecular complexity index is 188. The lowest BCUT2D eigenvalue weighted by Gasteiger charge is -2.02. The molecule has 106 valence electrons. The van der Waals surface area contributed by atoms with Crippen molar-refractivity contribution in [3.8, 4) is 11.8 Å².